The van der Waals surface area contributed by atoms with Crippen LogP contribution in [0.25, 0.3) is 0 Å². The molecule has 0 aliphatic carbocycles. The molecule has 0 radical (unpaired) electrons. The Kier molecular flexibility index (Phi) is 6.84. The van der Waals surface area contributed by atoms with Gasteiger partial charge in [-0.25, -0.2) is 4.79 Å². The SMILES string of the molecule is COC(=O)c1ccc(Cl)c(NC(=O)[C@H](N)CCSC)c1. The molecule has 0 aliphatic heterocycles. The van der Waals surface area contributed by atoms with Crippen LogP contribution >= 0.6 is 23.4 Å². The normalized spacial score (nSPS) is 11.8. The first-order chi connectivity index (χ1) is 9.49. The van der Waals surface area contributed by atoms with Gasteiger partial charge in [-0.2, -0.15) is 11.8 Å². The standard InChI is InChI=1S/C13H17ClN2O3S/c1-19-13(18)8-3-4-9(14)11(7-8)16-12(17)10(15)5-6-20-2/h3-4,7,10H,5-6,15H2,1-2H3,(H,16,17)/t10-/m1/s1. The van der Waals surface area contributed by atoms with Crippen molar-refractivity contribution in [1.82, 2.24) is 0 Å². The zero-order valence-corrected chi connectivity index (χ0v) is 12.9. The number of benzene rings is 1. The number of halogens is 1. The second-order valence-electron chi connectivity index (χ2n) is 4.06. The van der Waals surface area contributed by atoms with Crippen molar-refractivity contribution in [2.45, 2.75) is 12.5 Å². The van der Waals surface area contributed by atoms with E-state index in [1.807, 2.05) is 6.26 Å². The average Bonchev–Trinajstić information content (AvgIpc) is 2.45. The zero-order chi connectivity index (χ0) is 15.1. The molecule has 0 fully saturated rings. The van der Waals surface area contributed by atoms with E-state index in [1.165, 1.54) is 25.3 Å². The van der Waals surface area contributed by atoms with Gasteiger partial charge in [0.25, 0.3) is 0 Å². The maximum atomic E-state index is 11.9. The van der Waals surface area contributed by atoms with E-state index in [1.54, 1.807) is 11.8 Å². The molecule has 0 saturated carbocycles. The number of carbonyl (C=O) groups is 2. The summed E-state index contributed by atoms with van der Waals surface area (Å²) in [6.45, 7) is 0. The molecule has 0 heterocycles. The Morgan fingerprint density at radius 3 is 2.80 bits per heavy atom. The second-order valence-corrected chi connectivity index (χ2v) is 5.46. The number of carbonyl (C=O) groups excluding carboxylic acids is 2. The van der Waals surface area contributed by atoms with Crippen molar-refractivity contribution in [2.24, 2.45) is 5.73 Å². The van der Waals surface area contributed by atoms with Gasteiger partial charge >= 0.3 is 5.97 Å². The van der Waals surface area contributed by atoms with Crippen molar-refractivity contribution in [3.05, 3.63) is 28.8 Å². The number of thioether (sulfide) groups is 1. The number of nitrogens with two attached hydrogens (primary N) is 1. The number of rotatable bonds is 6. The smallest absolute Gasteiger partial charge is 0.337 e. The molecule has 5 nitrogen and oxygen atoms in total. The lowest BCUT2D eigenvalue weighted by molar-refractivity contribution is -0.117. The number of hydrogen-bond acceptors (Lipinski definition) is 5. The van der Waals surface area contributed by atoms with Crippen molar-refractivity contribution in [3.8, 4) is 0 Å². The summed E-state index contributed by atoms with van der Waals surface area (Å²) >= 11 is 7.60. The van der Waals surface area contributed by atoms with Crippen LogP contribution in [0.15, 0.2) is 18.2 Å². The molecular formula is C13H17ClN2O3S. The molecule has 0 saturated heterocycles. The summed E-state index contributed by atoms with van der Waals surface area (Å²) < 4.78 is 4.61. The lowest BCUT2D eigenvalue weighted by Crippen LogP contribution is -2.36. The van der Waals surface area contributed by atoms with Gasteiger partial charge in [0, 0.05) is 0 Å². The monoisotopic (exact) mass is 316 g/mol. The molecule has 7 heteroatoms. The van der Waals surface area contributed by atoms with Gasteiger partial charge in [0.1, 0.15) is 0 Å². The highest BCUT2D eigenvalue weighted by Gasteiger charge is 2.16. The molecule has 1 aromatic rings. The van der Waals surface area contributed by atoms with Gasteiger partial charge < -0.3 is 15.8 Å². The first-order valence-corrected chi connectivity index (χ1v) is 7.70. The average molecular weight is 317 g/mol. The molecule has 3 N–H and O–H groups in total. The predicted octanol–water partition coefficient (Wildman–Crippen LogP) is 2.15. The van der Waals surface area contributed by atoms with Crippen LogP contribution in [-0.2, 0) is 9.53 Å². The summed E-state index contributed by atoms with van der Waals surface area (Å²) in [6.07, 6.45) is 2.52. The Labute approximate surface area is 127 Å². The molecule has 1 atom stereocenters. The van der Waals surface area contributed by atoms with Gasteiger partial charge in [0.15, 0.2) is 0 Å². The second kappa shape index (κ2) is 8.14. The molecule has 110 valence electrons. The van der Waals surface area contributed by atoms with E-state index >= 15 is 0 Å². The number of methoxy groups -OCH3 is 1. The quantitative estimate of drug-likeness (QED) is 0.786. The van der Waals surface area contributed by atoms with E-state index in [9.17, 15) is 9.59 Å². The van der Waals surface area contributed by atoms with E-state index in [4.69, 9.17) is 17.3 Å². The van der Waals surface area contributed by atoms with Crippen molar-refractivity contribution >= 4 is 40.9 Å². The van der Waals surface area contributed by atoms with E-state index in [-0.39, 0.29) is 5.91 Å². The van der Waals surface area contributed by atoms with Gasteiger partial charge in [-0.15, -0.1) is 0 Å². The number of nitrogens with one attached hydrogen (secondary N) is 1. The van der Waals surface area contributed by atoms with Crippen molar-refractivity contribution < 1.29 is 14.3 Å². The Balaban J connectivity index is 2.80. The first kappa shape index (κ1) is 16.8. The van der Waals surface area contributed by atoms with Gasteiger partial charge in [-0.05, 0) is 36.6 Å². The summed E-state index contributed by atoms with van der Waals surface area (Å²) in [6, 6.07) is 3.90. The highest BCUT2D eigenvalue weighted by Crippen LogP contribution is 2.23. The van der Waals surface area contributed by atoms with Crippen molar-refractivity contribution in [2.75, 3.05) is 24.4 Å². The largest absolute Gasteiger partial charge is 0.465 e. The van der Waals surface area contributed by atoms with Crippen LogP contribution in [0.4, 0.5) is 5.69 Å². The molecule has 0 aromatic heterocycles. The number of ether oxygens (including phenoxy) is 1. The third kappa shape index (κ3) is 4.70. The topological polar surface area (TPSA) is 81.4 Å². The molecule has 0 bridgehead atoms. The molecule has 1 aromatic carbocycles. The third-order valence-corrected chi connectivity index (χ3v) is 3.59. The van der Waals surface area contributed by atoms with Gasteiger partial charge in [0.2, 0.25) is 5.91 Å². The molecule has 1 rings (SSSR count). The zero-order valence-electron chi connectivity index (χ0n) is 11.3. The lowest BCUT2D eigenvalue weighted by atomic mass is 10.2. The first-order valence-electron chi connectivity index (χ1n) is 5.92. The summed E-state index contributed by atoms with van der Waals surface area (Å²) in [5.41, 5.74) is 6.42. The number of anilines is 1. The Bertz CT molecular complexity index is 497. The molecule has 0 spiro atoms. The lowest BCUT2D eigenvalue weighted by Gasteiger charge is -2.13. The van der Waals surface area contributed by atoms with Crippen LogP contribution in [0.5, 0.6) is 0 Å². The predicted molar refractivity (Wildman–Crippen MR) is 82.4 cm³/mol. The molecule has 0 aliphatic rings. The maximum Gasteiger partial charge on any atom is 0.337 e. The van der Waals surface area contributed by atoms with Gasteiger partial charge in [-0.1, -0.05) is 11.6 Å². The summed E-state index contributed by atoms with van der Waals surface area (Å²) in [5, 5.41) is 2.96. The fourth-order valence-corrected chi connectivity index (χ4v) is 2.12. The maximum absolute atomic E-state index is 11.9. The van der Waals surface area contributed by atoms with Crippen LogP contribution in [0.1, 0.15) is 16.8 Å². The summed E-state index contributed by atoms with van der Waals surface area (Å²) in [4.78, 5) is 23.3. The van der Waals surface area contributed by atoms with E-state index in [2.05, 4.69) is 10.1 Å². The summed E-state index contributed by atoms with van der Waals surface area (Å²) in [7, 11) is 1.29. The highest BCUT2D eigenvalue weighted by molar-refractivity contribution is 7.98. The van der Waals surface area contributed by atoms with Gasteiger partial charge in [-0.3, -0.25) is 4.79 Å². The Morgan fingerprint density at radius 2 is 2.20 bits per heavy atom. The number of esters is 1. The third-order valence-electron chi connectivity index (χ3n) is 2.62. The summed E-state index contributed by atoms with van der Waals surface area (Å²) in [5.74, 6) is -0.0309. The molecule has 20 heavy (non-hydrogen) atoms. The number of hydrogen-bond donors (Lipinski definition) is 2. The van der Waals surface area contributed by atoms with Crippen molar-refractivity contribution in [3.63, 3.8) is 0 Å². The fourth-order valence-electron chi connectivity index (χ4n) is 1.47. The van der Waals surface area contributed by atoms with Crippen LogP contribution < -0.4 is 11.1 Å². The van der Waals surface area contributed by atoms with E-state index < -0.39 is 12.0 Å². The van der Waals surface area contributed by atoms with Crippen LogP contribution in [-0.4, -0.2) is 37.0 Å². The highest BCUT2D eigenvalue weighted by atomic mass is 35.5. The fraction of sp³-hybridized carbons (Fsp3) is 0.385. The van der Waals surface area contributed by atoms with Gasteiger partial charge in [0.05, 0.1) is 29.4 Å². The Morgan fingerprint density at radius 1 is 1.50 bits per heavy atom. The minimum absolute atomic E-state index is 0.310. The minimum Gasteiger partial charge on any atom is -0.465 e. The molecular weight excluding hydrogens is 300 g/mol. The van der Waals surface area contributed by atoms with Crippen LogP contribution in [0.3, 0.4) is 0 Å². The minimum atomic E-state index is -0.611. The van der Waals surface area contributed by atoms with E-state index in [0.717, 1.165) is 5.75 Å². The van der Waals surface area contributed by atoms with Crippen LogP contribution in [0, 0.1) is 0 Å². The molecule has 1 amide bonds. The van der Waals surface area contributed by atoms with Crippen molar-refractivity contribution in [1.29, 1.82) is 0 Å². The number of amides is 1. The molecule has 0 unspecified atom stereocenters. The Hall–Kier alpha value is -1.24. The van der Waals surface area contributed by atoms with Crippen LogP contribution in [0.2, 0.25) is 5.02 Å². The van der Waals surface area contributed by atoms with E-state index in [0.29, 0.717) is 22.7 Å².